The predicted molar refractivity (Wildman–Crippen MR) is 110 cm³/mol. The van der Waals surface area contributed by atoms with Crippen LogP contribution in [0.2, 0.25) is 0 Å². The van der Waals surface area contributed by atoms with E-state index >= 15 is 0 Å². The quantitative estimate of drug-likeness (QED) is 0.614. The lowest BCUT2D eigenvalue weighted by Crippen LogP contribution is -2.31. The van der Waals surface area contributed by atoms with Crippen molar-refractivity contribution in [2.75, 3.05) is 11.6 Å². The SMILES string of the molecule is CC(=NCCc1cccs1)[C@H]1C(=O)N(c2nc3ccccc3s2)N=C1C. The van der Waals surface area contributed by atoms with Gasteiger partial charge < -0.3 is 0 Å². The summed E-state index contributed by atoms with van der Waals surface area (Å²) < 4.78 is 1.05. The first-order valence-corrected chi connectivity index (χ1v) is 10.1. The highest BCUT2D eigenvalue weighted by Gasteiger charge is 2.37. The summed E-state index contributed by atoms with van der Waals surface area (Å²) in [6, 6.07) is 12.0. The molecule has 1 aliphatic heterocycles. The van der Waals surface area contributed by atoms with Gasteiger partial charge in [-0.05, 0) is 37.4 Å². The Morgan fingerprint density at radius 2 is 2.12 bits per heavy atom. The Labute approximate surface area is 159 Å². The normalized spacial score (nSPS) is 18.0. The molecule has 7 heteroatoms. The number of amides is 1. The fourth-order valence-electron chi connectivity index (χ4n) is 3.02. The molecule has 0 bridgehead atoms. The highest BCUT2D eigenvalue weighted by Crippen LogP contribution is 2.32. The molecule has 0 saturated carbocycles. The van der Waals surface area contributed by atoms with Crippen LogP contribution in [-0.2, 0) is 11.2 Å². The molecule has 26 heavy (non-hydrogen) atoms. The van der Waals surface area contributed by atoms with Crippen molar-refractivity contribution in [3.05, 3.63) is 46.7 Å². The van der Waals surface area contributed by atoms with Gasteiger partial charge in [-0.1, -0.05) is 29.5 Å². The molecule has 0 aliphatic carbocycles. The monoisotopic (exact) mass is 382 g/mol. The van der Waals surface area contributed by atoms with Gasteiger partial charge in [0.15, 0.2) is 0 Å². The van der Waals surface area contributed by atoms with Crippen LogP contribution in [0.4, 0.5) is 5.13 Å². The number of anilines is 1. The van der Waals surface area contributed by atoms with Gasteiger partial charge in [-0.3, -0.25) is 9.79 Å². The number of carbonyl (C=O) groups excluding carboxylic acids is 1. The molecule has 5 nitrogen and oxygen atoms in total. The lowest BCUT2D eigenvalue weighted by atomic mass is 9.99. The number of nitrogens with zero attached hydrogens (tertiary/aromatic N) is 4. The first kappa shape index (κ1) is 17.1. The van der Waals surface area contributed by atoms with Crippen LogP contribution >= 0.6 is 22.7 Å². The van der Waals surface area contributed by atoms with Crippen LogP contribution in [-0.4, -0.2) is 28.9 Å². The van der Waals surface area contributed by atoms with Crippen LogP contribution in [0.15, 0.2) is 51.9 Å². The topological polar surface area (TPSA) is 57.9 Å². The molecule has 1 amide bonds. The van der Waals surface area contributed by atoms with E-state index in [2.05, 4.69) is 26.5 Å². The van der Waals surface area contributed by atoms with Crippen LogP contribution < -0.4 is 5.01 Å². The number of hydrogen-bond acceptors (Lipinski definition) is 6. The van der Waals surface area contributed by atoms with Gasteiger partial charge >= 0.3 is 0 Å². The highest BCUT2D eigenvalue weighted by molar-refractivity contribution is 7.22. The smallest absolute Gasteiger partial charge is 0.264 e. The fourth-order valence-corrected chi connectivity index (χ4v) is 4.64. The molecule has 0 saturated heterocycles. The van der Waals surface area contributed by atoms with Gasteiger partial charge in [0.05, 0.1) is 15.9 Å². The molecule has 0 radical (unpaired) electrons. The molecule has 132 valence electrons. The number of thiazole rings is 1. The predicted octanol–water partition coefficient (Wildman–Crippen LogP) is 4.40. The summed E-state index contributed by atoms with van der Waals surface area (Å²) in [5.74, 6) is -0.454. The Balaban J connectivity index is 1.52. The van der Waals surface area contributed by atoms with E-state index in [9.17, 15) is 4.79 Å². The van der Waals surface area contributed by atoms with Gasteiger partial charge in [0, 0.05) is 23.6 Å². The average molecular weight is 383 g/mol. The summed E-state index contributed by atoms with van der Waals surface area (Å²) in [5.41, 5.74) is 2.47. The molecule has 1 atom stereocenters. The van der Waals surface area contributed by atoms with Crippen LogP contribution in [0, 0.1) is 5.92 Å². The molecule has 0 N–H and O–H groups in total. The number of benzene rings is 1. The van der Waals surface area contributed by atoms with Crippen molar-refractivity contribution >= 4 is 55.4 Å². The van der Waals surface area contributed by atoms with Crippen molar-refractivity contribution in [3.63, 3.8) is 0 Å². The molecule has 1 aromatic carbocycles. The third-order valence-electron chi connectivity index (χ3n) is 4.31. The Hall–Kier alpha value is -2.38. The number of fused-ring (bicyclic) bond motifs is 1. The van der Waals surface area contributed by atoms with Crippen molar-refractivity contribution < 1.29 is 4.79 Å². The largest absolute Gasteiger partial charge is 0.293 e. The maximum atomic E-state index is 12.9. The molecule has 0 unspecified atom stereocenters. The molecule has 3 aromatic rings. The van der Waals surface area contributed by atoms with Gasteiger partial charge in [0.2, 0.25) is 5.13 Å². The Morgan fingerprint density at radius 1 is 1.27 bits per heavy atom. The Bertz CT molecular complexity index is 971. The molecule has 0 spiro atoms. The second-order valence-corrected chi connectivity index (χ2v) is 8.18. The number of rotatable bonds is 5. The molecular weight excluding hydrogens is 364 g/mol. The van der Waals surface area contributed by atoms with E-state index in [0.29, 0.717) is 11.7 Å². The standard InChI is InChI=1S/C19H18N4OS2/c1-12(20-10-9-14-6-5-11-25-14)17-13(2)22-23(18(17)24)19-21-15-7-3-4-8-16(15)26-19/h3-8,11,17H,9-10H2,1-2H3/t17-/m1/s1. The lowest BCUT2D eigenvalue weighted by Gasteiger charge is -2.11. The van der Waals surface area contributed by atoms with Crippen molar-refractivity contribution in [1.29, 1.82) is 0 Å². The van der Waals surface area contributed by atoms with Crippen LogP contribution in [0.3, 0.4) is 0 Å². The second kappa shape index (κ2) is 7.09. The maximum Gasteiger partial charge on any atom is 0.264 e. The molecule has 2 aromatic heterocycles. The number of aliphatic imine (C=N–C) groups is 1. The number of carbonyl (C=O) groups is 1. The maximum absolute atomic E-state index is 12.9. The number of thiophene rings is 1. The minimum atomic E-state index is -0.384. The van der Waals surface area contributed by atoms with Crippen LogP contribution in [0.25, 0.3) is 10.2 Å². The van der Waals surface area contributed by atoms with Crippen molar-refractivity contribution in [2.45, 2.75) is 20.3 Å². The summed E-state index contributed by atoms with van der Waals surface area (Å²) in [6.45, 7) is 4.48. The van der Waals surface area contributed by atoms with Gasteiger partial charge in [-0.2, -0.15) is 10.1 Å². The summed E-state index contributed by atoms with van der Waals surface area (Å²) in [7, 11) is 0. The zero-order chi connectivity index (χ0) is 18.1. The van der Waals surface area contributed by atoms with E-state index < -0.39 is 0 Å². The van der Waals surface area contributed by atoms with Crippen molar-refractivity contribution in [1.82, 2.24) is 4.98 Å². The number of hydrogen-bond donors (Lipinski definition) is 0. The van der Waals surface area contributed by atoms with E-state index in [4.69, 9.17) is 0 Å². The van der Waals surface area contributed by atoms with E-state index in [1.165, 1.54) is 21.2 Å². The van der Waals surface area contributed by atoms with Gasteiger partial charge in [0.25, 0.3) is 5.91 Å². The molecule has 1 aliphatic rings. The van der Waals surface area contributed by atoms with Gasteiger partial charge in [-0.25, -0.2) is 4.98 Å². The highest BCUT2D eigenvalue weighted by atomic mass is 32.1. The summed E-state index contributed by atoms with van der Waals surface area (Å²) in [5, 5.41) is 8.58. The van der Waals surface area contributed by atoms with E-state index in [1.807, 2.05) is 44.2 Å². The van der Waals surface area contributed by atoms with Gasteiger partial charge in [0.1, 0.15) is 5.92 Å². The molecule has 3 heterocycles. The zero-order valence-electron chi connectivity index (χ0n) is 14.5. The number of para-hydroxylation sites is 1. The first-order chi connectivity index (χ1) is 12.6. The molecular formula is C19H18N4OS2. The minimum Gasteiger partial charge on any atom is -0.293 e. The molecule has 0 fully saturated rings. The third kappa shape index (κ3) is 3.20. The van der Waals surface area contributed by atoms with E-state index in [-0.39, 0.29) is 11.8 Å². The number of aromatic nitrogens is 1. The van der Waals surface area contributed by atoms with Crippen LogP contribution in [0.1, 0.15) is 18.7 Å². The summed E-state index contributed by atoms with van der Waals surface area (Å²) in [4.78, 5) is 23.4. The van der Waals surface area contributed by atoms with Crippen molar-refractivity contribution in [2.24, 2.45) is 16.0 Å². The first-order valence-electron chi connectivity index (χ1n) is 8.41. The van der Waals surface area contributed by atoms with Crippen molar-refractivity contribution in [3.8, 4) is 0 Å². The number of hydrazone groups is 1. The Morgan fingerprint density at radius 3 is 2.88 bits per heavy atom. The average Bonchev–Trinajstić information content (AvgIpc) is 3.33. The third-order valence-corrected chi connectivity index (χ3v) is 6.26. The second-order valence-electron chi connectivity index (χ2n) is 6.14. The van der Waals surface area contributed by atoms with Gasteiger partial charge in [-0.15, -0.1) is 11.3 Å². The minimum absolute atomic E-state index is 0.0704. The lowest BCUT2D eigenvalue weighted by molar-refractivity contribution is -0.118. The molecule has 4 rings (SSSR count). The zero-order valence-corrected chi connectivity index (χ0v) is 16.2. The Kier molecular flexibility index (Phi) is 4.65. The van der Waals surface area contributed by atoms with E-state index in [1.54, 1.807) is 11.3 Å². The van der Waals surface area contributed by atoms with E-state index in [0.717, 1.165) is 28.1 Å². The van der Waals surface area contributed by atoms with Crippen LogP contribution in [0.5, 0.6) is 0 Å². The fraction of sp³-hybridized carbons (Fsp3) is 0.263. The summed E-state index contributed by atoms with van der Waals surface area (Å²) >= 11 is 3.21. The summed E-state index contributed by atoms with van der Waals surface area (Å²) in [6.07, 6.45) is 0.897.